The lowest BCUT2D eigenvalue weighted by atomic mass is 10.2. The number of hydrogen-bond acceptors (Lipinski definition) is 2. The van der Waals surface area contributed by atoms with Gasteiger partial charge in [0.15, 0.2) is 0 Å². The lowest BCUT2D eigenvalue weighted by Gasteiger charge is -2.04. The summed E-state index contributed by atoms with van der Waals surface area (Å²) in [6, 6.07) is 7.73. The predicted octanol–water partition coefficient (Wildman–Crippen LogP) is 2.42. The molecule has 0 saturated heterocycles. The van der Waals surface area contributed by atoms with Crippen LogP contribution in [0.3, 0.4) is 0 Å². The normalized spacial score (nSPS) is 10.4. The van der Waals surface area contributed by atoms with E-state index in [4.69, 9.17) is 0 Å². The highest BCUT2D eigenvalue weighted by atomic mass is 32.1. The van der Waals surface area contributed by atoms with Crippen molar-refractivity contribution in [3.8, 4) is 10.4 Å². The molecule has 2 aromatic rings. The molecular formula is C11H11NOS. The van der Waals surface area contributed by atoms with E-state index in [1.54, 1.807) is 29.0 Å². The van der Waals surface area contributed by atoms with Crippen LogP contribution in [0.25, 0.3) is 10.4 Å². The molecule has 0 aliphatic carbocycles. The van der Waals surface area contributed by atoms with E-state index < -0.39 is 0 Å². The lowest BCUT2D eigenvalue weighted by Crippen LogP contribution is -2.17. The lowest BCUT2D eigenvalue weighted by molar-refractivity contribution is 0.820. The third-order valence-corrected chi connectivity index (χ3v) is 3.23. The van der Waals surface area contributed by atoms with Gasteiger partial charge in [-0.25, -0.2) is 0 Å². The summed E-state index contributed by atoms with van der Waals surface area (Å²) in [5.74, 6) is 0. The Morgan fingerprint density at radius 1 is 1.36 bits per heavy atom. The molecule has 0 aliphatic rings. The Labute approximate surface area is 86.4 Å². The first-order valence-corrected chi connectivity index (χ1v) is 5.28. The fraction of sp³-hybridized carbons (Fsp3) is 0.182. The average molecular weight is 205 g/mol. The van der Waals surface area contributed by atoms with Crippen molar-refractivity contribution in [2.24, 2.45) is 7.05 Å². The Kier molecular flexibility index (Phi) is 2.25. The summed E-state index contributed by atoms with van der Waals surface area (Å²) < 4.78 is 1.65. The average Bonchev–Trinajstić information content (AvgIpc) is 2.66. The van der Waals surface area contributed by atoms with E-state index in [0.717, 1.165) is 16.1 Å². The quantitative estimate of drug-likeness (QED) is 0.700. The van der Waals surface area contributed by atoms with E-state index in [9.17, 15) is 4.79 Å². The Bertz CT molecular complexity index is 497. The molecular weight excluding hydrogens is 194 g/mol. The van der Waals surface area contributed by atoms with Crippen molar-refractivity contribution in [3.05, 3.63) is 45.7 Å². The molecule has 0 unspecified atom stereocenters. The van der Waals surface area contributed by atoms with E-state index in [1.165, 1.54) is 0 Å². The van der Waals surface area contributed by atoms with Crippen LogP contribution >= 0.6 is 11.3 Å². The Hall–Kier alpha value is -1.35. The molecule has 0 amide bonds. The number of hydrogen-bond donors (Lipinski definition) is 0. The van der Waals surface area contributed by atoms with Gasteiger partial charge in [-0.05, 0) is 30.0 Å². The second-order valence-electron chi connectivity index (χ2n) is 3.26. The van der Waals surface area contributed by atoms with Crippen molar-refractivity contribution in [2.45, 2.75) is 6.92 Å². The summed E-state index contributed by atoms with van der Waals surface area (Å²) in [6.45, 7) is 1.94. The molecule has 72 valence electrons. The van der Waals surface area contributed by atoms with Crippen molar-refractivity contribution < 1.29 is 0 Å². The van der Waals surface area contributed by atoms with Crippen molar-refractivity contribution in [2.75, 3.05) is 0 Å². The van der Waals surface area contributed by atoms with E-state index in [-0.39, 0.29) is 5.56 Å². The smallest absolute Gasteiger partial charge is 0.251 e. The minimum absolute atomic E-state index is 0.0494. The van der Waals surface area contributed by atoms with Crippen LogP contribution in [0.15, 0.2) is 34.4 Å². The minimum atomic E-state index is 0.0494. The van der Waals surface area contributed by atoms with Crippen molar-refractivity contribution in [1.82, 2.24) is 4.57 Å². The number of pyridine rings is 1. The van der Waals surface area contributed by atoms with Crippen molar-refractivity contribution in [3.63, 3.8) is 0 Å². The van der Waals surface area contributed by atoms with Crippen LogP contribution in [0.1, 0.15) is 5.69 Å². The van der Waals surface area contributed by atoms with Crippen LogP contribution in [-0.4, -0.2) is 4.57 Å². The van der Waals surface area contributed by atoms with Crippen LogP contribution in [0, 0.1) is 6.92 Å². The van der Waals surface area contributed by atoms with Gasteiger partial charge in [0.25, 0.3) is 5.56 Å². The maximum absolute atomic E-state index is 11.5. The number of rotatable bonds is 1. The SMILES string of the molecule is Cc1cc(-c2cccs2)cc(=O)n1C. The molecule has 0 bridgehead atoms. The fourth-order valence-corrected chi connectivity index (χ4v) is 2.07. The van der Waals surface area contributed by atoms with E-state index in [2.05, 4.69) is 0 Å². The summed E-state index contributed by atoms with van der Waals surface area (Å²) in [5, 5.41) is 2.02. The van der Waals surface area contributed by atoms with Crippen LogP contribution < -0.4 is 5.56 Å². The zero-order valence-electron chi connectivity index (χ0n) is 8.15. The Balaban J connectivity index is 2.63. The highest BCUT2D eigenvalue weighted by molar-refractivity contribution is 7.13. The van der Waals surface area contributed by atoms with Gasteiger partial charge in [0.1, 0.15) is 0 Å². The monoisotopic (exact) mass is 205 g/mol. The van der Waals surface area contributed by atoms with Gasteiger partial charge in [-0.2, -0.15) is 0 Å². The number of thiophene rings is 1. The number of aromatic nitrogens is 1. The van der Waals surface area contributed by atoms with Gasteiger partial charge >= 0.3 is 0 Å². The summed E-state index contributed by atoms with van der Waals surface area (Å²) >= 11 is 1.65. The molecule has 3 heteroatoms. The van der Waals surface area contributed by atoms with Gasteiger partial charge in [-0.1, -0.05) is 6.07 Å². The maximum atomic E-state index is 11.5. The van der Waals surface area contributed by atoms with Crippen LogP contribution in [0.4, 0.5) is 0 Å². The molecule has 0 atom stereocenters. The van der Waals surface area contributed by atoms with Gasteiger partial charge in [-0.3, -0.25) is 4.79 Å². The largest absolute Gasteiger partial charge is 0.316 e. The Morgan fingerprint density at radius 2 is 2.14 bits per heavy atom. The predicted molar refractivity (Wildman–Crippen MR) is 59.7 cm³/mol. The summed E-state index contributed by atoms with van der Waals surface area (Å²) in [7, 11) is 1.79. The molecule has 0 spiro atoms. The molecule has 0 N–H and O–H groups in total. The summed E-state index contributed by atoms with van der Waals surface area (Å²) in [6.07, 6.45) is 0. The molecule has 2 aromatic heterocycles. The Morgan fingerprint density at radius 3 is 2.71 bits per heavy atom. The molecule has 2 heterocycles. The standard InChI is InChI=1S/C11H11NOS/c1-8-6-9(7-11(13)12(8)2)10-4-3-5-14-10/h3-7H,1-2H3. The van der Waals surface area contributed by atoms with Crippen LogP contribution in [-0.2, 0) is 7.05 Å². The second-order valence-corrected chi connectivity index (χ2v) is 4.21. The molecule has 0 saturated carbocycles. The molecule has 0 radical (unpaired) electrons. The van der Waals surface area contributed by atoms with Crippen LogP contribution in [0.5, 0.6) is 0 Å². The first kappa shape index (κ1) is 9.21. The van der Waals surface area contributed by atoms with E-state index in [1.807, 2.05) is 30.5 Å². The van der Waals surface area contributed by atoms with Crippen molar-refractivity contribution in [1.29, 1.82) is 0 Å². The molecule has 2 rings (SSSR count). The highest BCUT2D eigenvalue weighted by Crippen LogP contribution is 2.23. The minimum Gasteiger partial charge on any atom is -0.316 e. The summed E-state index contributed by atoms with van der Waals surface area (Å²) in [4.78, 5) is 12.7. The molecule has 0 aromatic carbocycles. The molecule has 14 heavy (non-hydrogen) atoms. The highest BCUT2D eigenvalue weighted by Gasteiger charge is 2.02. The van der Waals surface area contributed by atoms with Crippen molar-refractivity contribution >= 4 is 11.3 Å². The van der Waals surface area contributed by atoms with Crippen LogP contribution in [0.2, 0.25) is 0 Å². The third kappa shape index (κ3) is 1.51. The zero-order chi connectivity index (χ0) is 10.1. The molecule has 2 nitrogen and oxygen atoms in total. The topological polar surface area (TPSA) is 22.0 Å². The van der Waals surface area contributed by atoms with Gasteiger partial charge in [0.2, 0.25) is 0 Å². The molecule has 0 aliphatic heterocycles. The third-order valence-electron chi connectivity index (χ3n) is 2.31. The maximum Gasteiger partial charge on any atom is 0.251 e. The van der Waals surface area contributed by atoms with Gasteiger partial charge in [-0.15, -0.1) is 11.3 Å². The van der Waals surface area contributed by atoms with E-state index in [0.29, 0.717) is 0 Å². The summed E-state index contributed by atoms with van der Waals surface area (Å²) in [5.41, 5.74) is 2.05. The first-order valence-electron chi connectivity index (χ1n) is 4.40. The van der Waals surface area contributed by atoms with Gasteiger partial charge in [0, 0.05) is 23.7 Å². The first-order chi connectivity index (χ1) is 6.68. The van der Waals surface area contributed by atoms with Gasteiger partial charge < -0.3 is 4.57 Å². The second kappa shape index (κ2) is 3.42. The van der Waals surface area contributed by atoms with Gasteiger partial charge in [0.05, 0.1) is 0 Å². The fourth-order valence-electron chi connectivity index (χ4n) is 1.35. The number of aryl methyl sites for hydroxylation is 1. The zero-order valence-corrected chi connectivity index (χ0v) is 8.97. The molecule has 0 fully saturated rings. The van der Waals surface area contributed by atoms with E-state index >= 15 is 0 Å². The number of nitrogens with zero attached hydrogens (tertiary/aromatic N) is 1.